The Labute approximate surface area is 153 Å². The first-order chi connectivity index (χ1) is 12.9. The van der Waals surface area contributed by atoms with E-state index in [9.17, 15) is 0 Å². The summed E-state index contributed by atoms with van der Waals surface area (Å²) in [5, 5.41) is 13.9. The molecule has 0 saturated heterocycles. The number of aromatic nitrogens is 5. The van der Waals surface area contributed by atoms with Crippen molar-refractivity contribution >= 4 is 17.4 Å². The zero-order valence-corrected chi connectivity index (χ0v) is 14.4. The predicted octanol–water partition coefficient (Wildman–Crippen LogP) is 3.21. The van der Waals surface area contributed by atoms with Crippen molar-refractivity contribution in [2.24, 2.45) is 0 Å². The monoisotopic (exact) mass is 363 g/mol. The minimum atomic E-state index is 0.255. The molecule has 5 rings (SSSR count). The second-order valence-electron chi connectivity index (χ2n) is 5.65. The molecule has 26 heavy (non-hydrogen) atoms. The van der Waals surface area contributed by atoms with Crippen LogP contribution >= 0.6 is 11.8 Å². The van der Waals surface area contributed by atoms with Crippen LogP contribution in [0.15, 0.2) is 59.9 Å². The SMILES string of the molecule is c1ccc(CSc2nnc3ccc(-c4ccc5c(c4)OCO5)nn23)nc1. The van der Waals surface area contributed by atoms with Gasteiger partial charge in [-0.2, -0.15) is 9.61 Å². The summed E-state index contributed by atoms with van der Waals surface area (Å²) in [6.45, 7) is 0.255. The largest absolute Gasteiger partial charge is 0.454 e. The van der Waals surface area contributed by atoms with Gasteiger partial charge in [0.2, 0.25) is 11.9 Å². The lowest BCUT2D eigenvalue weighted by Crippen LogP contribution is -1.97. The third-order valence-electron chi connectivity index (χ3n) is 3.98. The van der Waals surface area contributed by atoms with E-state index in [0.29, 0.717) is 11.4 Å². The summed E-state index contributed by atoms with van der Waals surface area (Å²) in [5.74, 6) is 2.20. The van der Waals surface area contributed by atoms with Crippen molar-refractivity contribution in [3.63, 3.8) is 0 Å². The van der Waals surface area contributed by atoms with Crippen molar-refractivity contribution in [3.05, 3.63) is 60.4 Å². The van der Waals surface area contributed by atoms with E-state index in [0.717, 1.165) is 33.6 Å². The lowest BCUT2D eigenvalue weighted by atomic mass is 10.1. The average Bonchev–Trinajstić information content (AvgIpc) is 3.33. The Morgan fingerprint density at radius 3 is 2.88 bits per heavy atom. The summed E-state index contributed by atoms with van der Waals surface area (Å²) in [6.07, 6.45) is 1.79. The molecule has 1 aliphatic rings. The molecular formula is C18H13N5O2S. The highest BCUT2D eigenvalue weighted by Crippen LogP contribution is 2.35. The molecular weight excluding hydrogens is 350 g/mol. The Hall–Kier alpha value is -3.13. The third-order valence-corrected chi connectivity index (χ3v) is 4.93. The van der Waals surface area contributed by atoms with Gasteiger partial charge >= 0.3 is 0 Å². The molecule has 0 N–H and O–H groups in total. The van der Waals surface area contributed by atoms with Crippen molar-refractivity contribution in [1.29, 1.82) is 0 Å². The van der Waals surface area contributed by atoms with E-state index in [1.807, 2.05) is 48.5 Å². The van der Waals surface area contributed by atoms with Crippen LogP contribution in [0.1, 0.15) is 5.69 Å². The Kier molecular flexibility index (Phi) is 3.67. The summed E-state index contributed by atoms with van der Waals surface area (Å²) in [5.41, 5.74) is 3.46. The quantitative estimate of drug-likeness (QED) is 0.515. The number of hydrogen-bond acceptors (Lipinski definition) is 7. The van der Waals surface area contributed by atoms with Crippen molar-refractivity contribution in [2.45, 2.75) is 10.9 Å². The molecule has 0 bridgehead atoms. The van der Waals surface area contributed by atoms with Gasteiger partial charge in [-0.05, 0) is 42.5 Å². The van der Waals surface area contributed by atoms with Crippen LogP contribution in [-0.4, -0.2) is 31.6 Å². The van der Waals surface area contributed by atoms with Crippen molar-refractivity contribution in [1.82, 2.24) is 24.8 Å². The number of hydrogen-bond donors (Lipinski definition) is 0. The first kappa shape index (κ1) is 15.2. The van der Waals surface area contributed by atoms with E-state index in [1.54, 1.807) is 22.5 Å². The van der Waals surface area contributed by atoms with E-state index < -0.39 is 0 Å². The van der Waals surface area contributed by atoms with Gasteiger partial charge in [0.25, 0.3) is 0 Å². The highest BCUT2D eigenvalue weighted by Gasteiger charge is 2.15. The number of pyridine rings is 1. The maximum Gasteiger partial charge on any atom is 0.231 e. The maximum absolute atomic E-state index is 5.45. The molecule has 0 amide bonds. The average molecular weight is 363 g/mol. The molecule has 1 aromatic carbocycles. The molecule has 4 aromatic rings. The van der Waals surface area contributed by atoms with Crippen LogP contribution in [0.2, 0.25) is 0 Å². The molecule has 0 radical (unpaired) electrons. The molecule has 0 aliphatic carbocycles. The summed E-state index contributed by atoms with van der Waals surface area (Å²) in [4.78, 5) is 4.33. The van der Waals surface area contributed by atoms with Crippen molar-refractivity contribution < 1.29 is 9.47 Å². The van der Waals surface area contributed by atoms with Gasteiger partial charge < -0.3 is 9.47 Å². The molecule has 0 spiro atoms. The molecule has 7 nitrogen and oxygen atoms in total. The van der Waals surface area contributed by atoms with E-state index in [-0.39, 0.29) is 6.79 Å². The molecule has 0 unspecified atom stereocenters. The molecule has 4 heterocycles. The summed E-state index contributed by atoms with van der Waals surface area (Å²) >= 11 is 1.55. The summed E-state index contributed by atoms with van der Waals surface area (Å²) < 4.78 is 12.6. The summed E-state index contributed by atoms with van der Waals surface area (Å²) in [6, 6.07) is 15.5. The Bertz CT molecular complexity index is 1080. The fourth-order valence-corrected chi connectivity index (χ4v) is 3.49. The fraction of sp³-hybridized carbons (Fsp3) is 0.111. The zero-order chi connectivity index (χ0) is 17.3. The van der Waals surface area contributed by atoms with Crippen LogP contribution in [0, 0.1) is 0 Å². The number of benzene rings is 1. The molecule has 0 saturated carbocycles. The van der Waals surface area contributed by atoms with Gasteiger partial charge in [-0.25, -0.2) is 0 Å². The highest BCUT2D eigenvalue weighted by molar-refractivity contribution is 7.98. The van der Waals surface area contributed by atoms with Gasteiger partial charge in [0.1, 0.15) is 0 Å². The lowest BCUT2D eigenvalue weighted by molar-refractivity contribution is 0.174. The Balaban J connectivity index is 1.47. The van der Waals surface area contributed by atoms with E-state index in [1.165, 1.54) is 0 Å². The normalized spacial score (nSPS) is 12.6. The number of nitrogens with zero attached hydrogens (tertiary/aromatic N) is 5. The minimum absolute atomic E-state index is 0.255. The lowest BCUT2D eigenvalue weighted by Gasteiger charge is -2.04. The van der Waals surface area contributed by atoms with E-state index in [2.05, 4.69) is 15.2 Å². The second kappa shape index (κ2) is 6.30. The standard InChI is InChI=1S/C18H13N5O2S/c1-2-8-19-13(3-1)10-26-18-21-20-17-7-5-14(22-23(17)18)12-4-6-15-16(9-12)25-11-24-15/h1-9H,10-11H2. The fourth-order valence-electron chi connectivity index (χ4n) is 2.69. The van der Waals surface area contributed by atoms with Gasteiger partial charge in [-0.3, -0.25) is 4.98 Å². The van der Waals surface area contributed by atoms with Crippen LogP contribution in [0.3, 0.4) is 0 Å². The summed E-state index contributed by atoms with van der Waals surface area (Å²) in [7, 11) is 0. The highest BCUT2D eigenvalue weighted by atomic mass is 32.2. The number of thioether (sulfide) groups is 1. The Morgan fingerprint density at radius 1 is 1.00 bits per heavy atom. The van der Waals surface area contributed by atoms with Gasteiger partial charge in [-0.1, -0.05) is 17.8 Å². The molecule has 8 heteroatoms. The van der Waals surface area contributed by atoms with E-state index >= 15 is 0 Å². The van der Waals surface area contributed by atoms with Gasteiger partial charge in [0.05, 0.1) is 11.4 Å². The molecule has 128 valence electrons. The molecule has 3 aromatic heterocycles. The first-order valence-electron chi connectivity index (χ1n) is 8.02. The maximum atomic E-state index is 5.45. The van der Waals surface area contributed by atoms with Crippen molar-refractivity contribution in [2.75, 3.05) is 6.79 Å². The van der Waals surface area contributed by atoms with Crippen LogP contribution in [0.5, 0.6) is 11.5 Å². The second-order valence-corrected chi connectivity index (χ2v) is 6.59. The number of fused-ring (bicyclic) bond motifs is 2. The predicted molar refractivity (Wildman–Crippen MR) is 96.1 cm³/mol. The van der Waals surface area contributed by atoms with Crippen LogP contribution in [-0.2, 0) is 5.75 Å². The van der Waals surface area contributed by atoms with Crippen LogP contribution in [0.25, 0.3) is 16.9 Å². The molecule has 0 atom stereocenters. The topological polar surface area (TPSA) is 74.4 Å². The Morgan fingerprint density at radius 2 is 1.96 bits per heavy atom. The molecule has 0 fully saturated rings. The van der Waals surface area contributed by atoms with Crippen LogP contribution < -0.4 is 9.47 Å². The zero-order valence-electron chi connectivity index (χ0n) is 13.6. The molecule has 1 aliphatic heterocycles. The van der Waals surface area contributed by atoms with Crippen LogP contribution in [0.4, 0.5) is 0 Å². The number of ether oxygens (including phenoxy) is 2. The smallest absolute Gasteiger partial charge is 0.231 e. The van der Waals surface area contributed by atoms with Gasteiger partial charge in [0, 0.05) is 17.5 Å². The van der Waals surface area contributed by atoms with Gasteiger partial charge in [-0.15, -0.1) is 10.2 Å². The van der Waals surface area contributed by atoms with E-state index in [4.69, 9.17) is 14.6 Å². The van der Waals surface area contributed by atoms with Gasteiger partial charge in [0.15, 0.2) is 17.1 Å². The van der Waals surface area contributed by atoms with Crippen molar-refractivity contribution in [3.8, 4) is 22.8 Å². The third kappa shape index (κ3) is 2.74. The minimum Gasteiger partial charge on any atom is -0.454 e. The number of rotatable bonds is 4. The first-order valence-corrected chi connectivity index (χ1v) is 9.00.